The van der Waals surface area contributed by atoms with Gasteiger partial charge in [-0.1, -0.05) is 0 Å². The lowest BCUT2D eigenvalue weighted by atomic mass is 10.2. The molecule has 1 aliphatic rings. The zero-order chi connectivity index (χ0) is 10.8. The third-order valence-corrected chi connectivity index (χ3v) is 2.90. The Kier molecular flexibility index (Phi) is 3.14. The summed E-state index contributed by atoms with van der Waals surface area (Å²) < 4.78 is 6.77. The fraction of sp³-hybridized carbons (Fsp3) is 0.364. The number of nitrogens with one attached hydrogen (secondary N) is 1. The summed E-state index contributed by atoms with van der Waals surface area (Å²) in [5.74, 6) is 0.603. The van der Waals surface area contributed by atoms with Gasteiger partial charge in [0.25, 0.3) is 5.91 Å². The van der Waals surface area contributed by atoms with Crippen LogP contribution in [0.1, 0.15) is 23.2 Å². The van der Waals surface area contributed by atoms with Crippen molar-refractivity contribution < 1.29 is 9.53 Å². The number of rotatable bonds is 3. The number of hydrogen-bond acceptors (Lipinski definition) is 2. The van der Waals surface area contributed by atoms with E-state index in [1.165, 1.54) is 0 Å². The van der Waals surface area contributed by atoms with Gasteiger partial charge in [0.15, 0.2) is 0 Å². The third-order valence-electron chi connectivity index (χ3n) is 2.23. The van der Waals surface area contributed by atoms with Gasteiger partial charge in [-0.15, -0.1) is 0 Å². The molecule has 15 heavy (non-hydrogen) atoms. The molecule has 1 fully saturated rings. The first-order valence-electron chi connectivity index (χ1n) is 4.89. The highest BCUT2D eigenvalue weighted by molar-refractivity contribution is 14.1. The fourth-order valence-electron chi connectivity index (χ4n) is 1.28. The molecule has 4 heteroatoms. The molecular weight excluding hydrogens is 305 g/mol. The van der Waals surface area contributed by atoms with E-state index in [2.05, 4.69) is 27.9 Å². The van der Waals surface area contributed by atoms with Gasteiger partial charge in [-0.05, 0) is 53.6 Å². The first kappa shape index (κ1) is 10.7. The number of ether oxygens (including phenoxy) is 1. The molecule has 0 aliphatic heterocycles. The van der Waals surface area contributed by atoms with Gasteiger partial charge in [-0.25, -0.2) is 0 Å². The number of hydrogen-bond donors (Lipinski definition) is 1. The molecular formula is C11H12INO2. The Morgan fingerprint density at radius 3 is 2.87 bits per heavy atom. The van der Waals surface area contributed by atoms with Gasteiger partial charge in [0.1, 0.15) is 5.75 Å². The van der Waals surface area contributed by atoms with Crippen molar-refractivity contribution in [3.63, 3.8) is 0 Å². The van der Waals surface area contributed by atoms with Crippen LogP contribution < -0.4 is 10.1 Å². The topological polar surface area (TPSA) is 38.3 Å². The van der Waals surface area contributed by atoms with Crippen LogP contribution in [-0.2, 0) is 0 Å². The van der Waals surface area contributed by atoms with Crippen LogP contribution in [0.3, 0.4) is 0 Å². The number of carbonyl (C=O) groups excluding carboxylic acids is 1. The summed E-state index contributed by atoms with van der Waals surface area (Å²) in [5.41, 5.74) is 0.616. The molecule has 0 aromatic heterocycles. The van der Waals surface area contributed by atoms with Gasteiger partial charge in [0.2, 0.25) is 0 Å². The van der Waals surface area contributed by atoms with Crippen molar-refractivity contribution in [1.82, 2.24) is 5.32 Å². The average Bonchev–Trinajstić information content (AvgIpc) is 3.01. The van der Waals surface area contributed by atoms with Crippen molar-refractivity contribution in [3.8, 4) is 5.75 Å². The second-order valence-electron chi connectivity index (χ2n) is 3.54. The summed E-state index contributed by atoms with van der Waals surface area (Å²) in [7, 11) is 1.63. The van der Waals surface area contributed by atoms with Gasteiger partial charge in [0, 0.05) is 10.6 Å². The molecule has 0 radical (unpaired) electrons. The maximum Gasteiger partial charge on any atom is 0.254 e. The zero-order valence-electron chi connectivity index (χ0n) is 8.42. The Morgan fingerprint density at radius 2 is 2.27 bits per heavy atom. The monoisotopic (exact) mass is 317 g/mol. The van der Waals surface area contributed by atoms with Gasteiger partial charge in [-0.3, -0.25) is 4.79 Å². The van der Waals surface area contributed by atoms with Crippen molar-refractivity contribution in [1.29, 1.82) is 0 Å². The van der Waals surface area contributed by atoms with Crippen LogP contribution in [0.2, 0.25) is 0 Å². The van der Waals surface area contributed by atoms with Crippen LogP contribution in [-0.4, -0.2) is 19.1 Å². The van der Waals surface area contributed by atoms with Crippen LogP contribution in [0, 0.1) is 3.57 Å². The smallest absolute Gasteiger partial charge is 0.254 e. The van der Waals surface area contributed by atoms with E-state index in [1.54, 1.807) is 13.1 Å². The Labute approximate surface area is 102 Å². The van der Waals surface area contributed by atoms with Gasteiger partial charge in [-0.2, -0.15) is 0 Å². The van der Waals surface area contributed by atoms with Crippen LogP contribution in [0.25, 0.3) is 0 Å². The van der Waals surface area contributed by atoms with Gasteiger partial charge >= 0.3 is 0 Å². The summed E-state index contributed by atoms with van der Waals surface area (Å²) in [6, 6.07) is 5.62. The molecule has 0 saturated heterocycles. The van der Waals surface area contributed by atoms with Crippen molar-refractivity contribution in [2.75, 3.05) is 7.05 Å². The lowest BCUT2D eigenvalue weighted by molar-refractivity contribution is 0.0958. The Balaban J connectivity index is 2.29. The molecule has 1 N–H and O–H groups in total. The molecule has 0 bridgehead atoms. The Bertz CT molecular complexity index is 388. The number of carbonyl (C=O) groups is 1. The summed E-state index contributed by atoms with van der Waals surface area (Å²) in [6.45, 7) is 0. The first-order valence-corrected chi connectivity index (χ1v) is 5.97. The lowest BCUT2D eigenvalue weighted by Gasteiger charge is -2.10. The quantitative estimate of drug-likeness (QED) is 0.868. The molecule has 2 rings (SSSR count). The summed E-state index contributed by atoms with van der Waals surface area (Å²) in [6.07, 6.45) is 2.50. The van der Waals surface area contributed by atoms with E-state index >= 15 is 0 Å². The molecule has 1 aromatic rings. The molecule has 0 atom stereocenters. The second kappa shape index (κ2) is 4.38. The van der Waals surface area contributed by atoms with E-state index < -0.39 is 0 Å². The van der Waals surface area contributed by atoms with E-state index in [0.29, 0.717) is 17.4 Å². The fourth-order valence-corrected chi connectivity index (χ4v) is 1.74. The van der Waals surface area contributed by atoms with Crippen LogP contribution in [0.4, 0.5) is 0 Å². The molecule has 1 aromatic carbocycles. The van der Waals surface area contributed by atoms with Crippen LogP contribution in [0.15, 0.2) is 18.2 Å². The van der Waals surface area contributed by atoms with Crippen molar-refractivity contribution in [2.45, 2.75) is 18.9 Å². The first-order chi connectivity index (χ1) is 7.20. The van der Waals surface area contributed by atoms with Gasteiger partial charge < -0.3 is 10.1 Å². The third kappa shape index (κ3) is 2.62. The minimum Gasteiger partial charge on any atom is -0.490 e. The van der Waals surface area contributed by atoms with E-state index in [0.717, 1.165) is 16.4 Å². The van der Waals surface area contributed by atoms with E-state index in [1.807, 2.05) is 12.1 Å². The minimum atomic E-state index is -0.0953. The Hall–Kier alpha value is -0.780. The van der Waals surface area contributed by atoms with Gasteiger partial charge in [0.05, 0.1) is 11.7 Å². The normalized spacial score (nSPS) is 14.8. The highest BCUT2D eigenvalue weighted by Crippen LogP contribution is 2.30. The Morgan fingerprint density at radius 1 is 1.53 bits per heavy atom. The summed E-state index contributed by atoms with van der Waals surface area (Å²) in [4.78, 5) is 11.6. The molecule has 0 spiro atoms. The molecule has 0 heterocycles. The number of benzene rings is 1. The second-order valence-corrected chi connectivity index (χ2v) is 4.78. The predicted octanol–water partition coefficient (Wildman–Crippen LogP) is 2.19. The van der Waals surface area contributed by atoms with E-state index in [-0.39, 0.29) is 5.91 Å². The van der Waals surface area contributed by atoms with Crippen molar-refractivity contribution in [2.24, 2.45) is 0 Å². The highest BCUT2D eigenvalue weighted by Gasteiger charge is 2.25. The maximum atomic E-state index is 11.6. The molecule has 3 nitrogen and oxygen atoms in total. The van der Waals surface area contributed by atoms with Crippen molar-refractivity contribution in [3.05, 3.63) is 27.3 Å². The minimum absolute atomic E-state index is 0.0953. The standard InChI is InChI=1S/C11H12INO2/c1-13-11(14)9-5-2-7(12)6-10(9)15-8-3-4-8/h2,5-6,8H,3-4H2,1H3,(H,13,14). The largest absolute Gasteiger partial charge is 0.490 e. The SMILES string of the molecule is CNC(=O)c1ccc(I)cc1OC1CC1. The van der Waals surface area contributed by atoms with E-state index in [9.17, 15) is 4.79 Å². The average molecular weight is 317 g/mol. The van der Waals surface area contributed by atoms with Crippen LogP contribution in [0.5, 0.6) is 5.75 Å². The summed E-state index contributed by atoms with van der Waals surface area (Å²) >= 11 is 2.21. The highest BCUT2D eigenvalue weighted by atomic mass is 127. The van der Waals surface area contributed by atoms with Crippen molar-refractivity contribution >= 4 is 28.5 Å². The maximum absolute atomic E-state index is 11.6. The molecule has 1 saturated carbocycles. The molecule has 1 amide bonds. The molecule has 0 unspecified atom stereocenters. The number of halogens is 1. The van der Waals surface area contributed by atoms with Crippen LogP contribution >= 0.6 is 22.6 Å². The zero-order valence-corrected chi connectivity index (χ0v) is 10.6. The summed E-state index contributed by atoms with van der Waals surface area (Å²) in [5, 5.41) is 2.61. The number of amides is 1. The molecule has 80 valence electrons. The van der Waals surface area contributed by atoms with E-state index in [4.69, 9.17) is 4.74 Å². The molecule has 1 aliphatic carbocycles. The lowest BCUT2D eigenvalue weighted by Crippen LogP contribution is -2.19. The predicted molar refractivity (Wildman–Crippen MR) is 66.2 cm³/mol.